The Morgan fingerprint density at radius 3 is 2.58 bits per heavy atom. The third kappa shape index (κ3) is 2.14. The molecule has 98 valence electrons. The molecule has 1 heterocycles. The smallest absolute Gasteiger partial charge is 0.159 e. The first-order valence-electron chi connectivity index (χ1n) is 6.35. The Kier molecular flexibility index (Phi) is 2.85. The Morgan fingerprint density at radius 2 is 1.84 bits per heavy atom. The molecule has 2 atom stereocenters. The van der Waals surface area contributed by atoms with Gasteiger partial charge in [0.2, 0.25) is 0 Å². The van der Waals surface area contributed by atoms with Crippen molar-refractivity contribution in [2.75, 3.05) is 6.61 Å². The number of ether oxygens (including phenoxy) is 1. The Morgan fingerprint density at radius 1 is 1.11 bits per heavy atom. The van der Waals surface area contributed by atoms with Crippen LogP contribution in [-0.2, 0) is 14.3 Å². The molecule has 2 aliphatic rings. The van der Waals surface area contributed by atoms with Gasteiger partial charge in [0.25, 0.3) is 0 Å². The predicted octanol–water partition coefficient (Wildman–Crippen LogP) is 1.94. The summed E-state index contributed by atoms with van der Waals surface area (Å²) in [4.78, 5) is 23.8. The van der Waals surface area contributed by atoms with Gasteiger partial charge in [-0.3, -0.25) is 9.59 Å². The zero-order chi connectivity index (χ0) is 13.4. The van der Waals surface area contributed by atoms with Crippen LogP contribution in [0.2, 0.25) is 0 Å². The van der Waals surface area contributed by atoms with E-state index in [0.29, 0.717) is 18.6 Å². The molecule has 0 saturated carbocycles. The quantitative estimate of drug-likeness (QED) is 0.836. The molecule has 1 aliphatic carbocycles. The van der Waals surface area contributed by atoms with E-state index in [2.05, 4.69) is 0 Å². The van der Waals surface area contributed by atoms with E-state index in [1.807, 2.05) is 0 Å². The van der Waals surface area contributed by atoms with E-state index in [4.69, 9.17) is 4.74 Å². The van der Waals surface area contributed by atoms with Crippen molar-refractivity contribution in [2.45, 2.75) is 18.8 Å². The number of carbonyl (C=O) groups is 2. The molecule has 3 rings (SSSR count). The second kappa shape index (κ2) is 4.53. The number of allylic oxidation sites excluding steroid dienone is 2. The molecule has 1 aromatic carbocycles. The molecule has 1 fully saturated rings. The summed E-state index contributed by atoms with van der Waals surface area (Å²) in [7, 11) is 0. The minimum absolute atomic E-state index is 0.0298. The van der Waals surface area contributed by atoms with Gasteiger partial charge in [-0.1, -0.05) is 12.1 Å². The van der Waals surface area contributed by atoms with Crippen molar-refractivity contribution in [3.63, 3.8) is 0 Å². The molecule has 1 aromatic rings. The Hall–Kier alpha value is -2.10. The predicted molar refractivity (Wildman–Crippen MR) is 67.6 cm³/mol. The van der Waals surface area contributed by atoms with Crippen molar-refractivity contribution in [1.29, 1.82) is 0 Å². The van der Waals surface area contributed by atoms with E-state index in [0.717, 1.165) is 5.56 Å². The molecular weight excluding hydrogens is 244 g/mol. The molecular formula is C15H14O4. The van der Waals surface area contributed by atoms with E-state index in [9.17, 15) is 14.7 Å². The van der Waals surface area contributed by atoms with Crippen LogP contribution < -0.4 is 0 Å². The number of phenolic OH excluding ortho intramolecular Hbond substituents is 1. The first-order valence-corrected chi connectivity index (χ1v) is 6.35. The number of carbonyl (C=O) groups excluding carboxylic acids is 2. The second-order valence-corrected chi connectivity index (χ2v) is 4.96. The summed E-state index contributed by atoms with van der Waals surface area (Å²) in [6.07, 6.45) is 2.41. The summed E-state index contributed by atoms with van der Waals surface area (Å²) < 4.78 is 5.58. The summed E-state index contributed by atoms with van der Waals surface area (Å²) in [6.45, 7) is 0.263. The number of ketones is 2. The van der Waals surface area contributed by atoms with E-state index in [1.165, 1.54) is 6.08 Å². The molecule has 1 N–H and O–H groups in total. The van der Waals surface area contributed by atoms with Gasteiger partial charge in [0.05, 0.1) is 11.8 Å². The highest BCUT2D eigenvalue weighted by Gasteiger charge is 2.38. The van der Waals surface area contributed by atoms with Gasteiger partial charge in [0.15, 0.2) is 11.6 Å². The number of rotatable bonds is 1. The molecule has 0 bridgehead atoms. The molecule has 0 amide bonds. The van der Waals surface area contributed by atoms with E-state index in [1.54, 1.807) is 24.3 Å². The van der Waals surface area contributed by atoms with Crippen LogP contribution in [0.25, 0.3) is 0 Å². The number of hydrogen-bond donors (Lipinski definition) is 1. The number of fused-ring (bicyclic) bond motifs is 1. The van der Waals surface area contributed by atoms with Gasteiger partial charge < -0.3 is 9.84 Å². The van der Waals surface area contributed by atoms with Crippen molar-refractivity contribution in [1.82, 2.24) is 0 Å². The minimum atomic E-state index is -0.309. The fourth-order valence-corrected chi connectivity index (χ4v) is 2.66. The van der Waals surface area contributed by atoms with Crippen LogP contribution in [0.4, 0.5) is 0 Å². The van der Waals surface area contributed by atoms with Crippen LogP contribution in [0.15, 0.2) is 36.1 Å². The average Bonchev–Trinajstić information content (AvgIpc) is 2.40. The van der Waals surface area contributed by atoms with Crippen molar-refractivity contribution >= 4 is 11.6 Å². The third-order valence-corrected chi connectivity index (χ3v) is 3.73. The van der Waals surface area contributed by atoms with Crippen molar-refractivity contribution < 1.29 is 19.4 Å². The first-order chi connectivity index (χ1) is 9.15. The van der Waals surface area contributed by atoms with Gasteiger partial charge in [-0.25, -0.2) is 0 Å². The number of phenols is 1. The summed E-state index contributed by atoms with van der Waals surface area (Å²) in [5.41, 5.74) is 0.846. The zero-order valence-electron chi connectivity index (χ0n) is 10.3. The Balaban J connectivity index is 1.87. The van der Waals surface area contributed by atoms with Crippen LogP contribution in [-0.4, -0.2) is 23.3 Å². The lowest BCUT2D eigenvalue weighted by molar-refractivity contribution is -0.130. The molecule has 19 heavy (non-hydrogen) atoms. The van der Waals surface area contributed by atoms with Crippen molar-refractivity contribution in [3.05, 3.63) is 41.7 Å². The maximum atomic E-state index is 12.5. The molecule has 4 nitrogen and oxygen atoms in total. The number of hydrogen-bond acceptors (Lipinski definition) is 4. The van der Waals surface area contributed by atoms with Crippen LogP contribution in [0.3, 0.4) is 0 Å². The minimum Gasteiger partial charge on any atom is -0.508 e. The topological polar surface area (TPSA) is 63.6 Å². The SMILES string of the molecule is O=C1C=C2OCC(c3ccc(O)cc3)C(=O)[C@H]2CC1. The van der Waals surface area contributed by atoms with Crippen LogP contribution in [0.1, 0.15) is 24.3 Å². The molecule has 0 spiro atoms. The fourth-order valence-electron chi connectivity index (χ4n) is 2.66. The Bertz CT molecular complexity index is 556. The lowest BCUT2D eigenvalue weighted by Crippen LogP contribution is -2.35. The number of Topliss-reactive ketones (excluding diaryl/α,β-unsaturated/α-hetero) is 1. The standard InChI is InChI=1S/C15H14O4/c16-10-3-1-9(2-4-10)13-8-19-14-7-11(17)5-6-12(14)15(13)18/h1-4,7,12-13,16H,5-6,8H2/t12-,13?/m0/s1. The maximum absolute atomic E-state index is 12.5. The lowest BCUT2D eigenvalue weighted by Gasteiger charge is -2.32. The normalized spacial score (nSPS) is 26.4. The van der Waals surface area contributed by atoms with Crippen LogP contribution in [0, 0.1) is 5.92 Å². The van der Waals surface area contributed by atoms with Gasteiger partial charge in [0.1, 0.15) is 18.1 Å². The highest BCUT2D eigenvalue weighted by molar-refractivity contribution is 5.97. The second-order valence-electron chi connectivity index (χ2n) is 4.96. The van der Waals surface area contributed by atoms with E-state index >= 15 is 0 Å². The van der Waals surface area contributed by atoms with Gasteiger partial charge >= 0.3 is 0 Å². The summed E-state index contributed by atoms with van der Waals surface area (Å²) in [5, 5.41) is 9.27. The largest absolute Gasteiger partial charge is 0.508 e. The lowest BCUT2D eigenvalue weighted by atomic mass is 9.79. The maximum Gasteiger partial charge on any atom is 0.159 e. The number of benzene rings is 1. The monoisotopic (exact) mass is 258 g/mol. The molecule has 1 aliphatic heterocycles. The fraction of sp³-hybridized carbons (Fsp3) is 0.333. The van der Waals surface area contributed by atoms with Gasteiger partial charge in [0, 0.05) is 12.5 Å². The highest BCUT2D eigenvalue weighted by atomic mass is 16.5. The molecule has 4 heteroatoms. The summed E-state index contributed by atoms with van der Waals surface area (Å²) >= 11 is 0. The third-order valence-electron chi connectivity index (χ3n) is 3.73. The average molecular weight is 258 g/mol. The zero-order valence-corrected chi connectivity index (χ0v) is 10.3. The Labute approximate surface area is 110 Å². The molecule has 1 saturated heterocycles. The van der Waals surface area contributed by atoms with E-state index < -0.39 is 0 Å². The van der Waals surface area contributed by atoms with Crippen molar-refractivity contribution in [2.24, 2.45) is 5.92 Å². The van der Waals surface area contributed by atoms with Crippen molar-refractivity contribution in [3.8, 4) is 5.75 Å². The number of aromatic hydroxyl groups is 1. The van der Waals surface area contributed by atoms with Gasteiger partial charge in [-0.15, -0.1) is 0 Å². The summed E-state index contributed by atoms with van der Waals surface area (Å²) in [5.74, 6) is 0.243. The van der Waals surface area contributed by atoms with E-state index in [-0.39, 0.29) is 35.8 Å². The summed E-state index contributed by atoms with van der Waals surface area (Å²) in [6, 6.07) is 6.62. The first kappa shape index (κ1) is 12.0. The highest BCUT2D eigenvalue weighted by Crippen LogP contribution is 2.36. The van der Waals surface area contributed by atoms with Gasteiger partial charge in [-0.2, -0.15) is 0 Å². The molecule has 1 unspecified atom stereocenters. The van der Waals surface area contributed by atoms with Crippen LogP contribution >= 0.6 is 0 Å². The van der Waals surface area contributed by atoms with Crippen LogP contribution in [0.5, 0.6) is 5.75 Å². The van der Waals surface area contributed by atoms with Gasteiger partial charge in [-0.05, 0) is 24.1 Å². The molecule has 0 aromatic heterocycles. The molecule has 0 radical (unpaired) electrons.